The Morgan fingerprint density at radius 2 is 2.16 bits per heavy atom. The normalized spacial score (nSPS) is 10.8. The number of benzene rings is 1. The summed E-state index contributed by atoms with van der Waals surface area (Å²) in [5, 5.41) is 8.32. The van der Waals surface area contributed by atoms with Crippen molar-refractivity contribution in [2.24, 2.45) is 0 Å². The van der Waals surface area contributed by atoms with Crippen molar-refractivity contribution in [2.45, 2.75) is 19.8 Å². The largest absolute Gasteiger partial charge is 0.268 e. The number of hydrogen-bond acceptors (Lipinski definition) is 4. The Morgan fingerprint density at radius 1 is 1.47 bits per heavy atom. The minimum Gasteiger partial charge on any atom is -0.268 e. The van der Waals surface area contributed by atoms with E-state index < -0.39 is 21.7 Å². The predicted molar refractivity (Wildman–Crippen MR) is 67.2 cm³/mol. The second-order valence-corrected chi connectivity index (χ2v) is 5.81. The average molecular weight is 284 g/mol. The third kappa shape index (κ3) is 4.67. The molecule has 0 bridgehead atoms. The summed E-state index contributed by atoms with van der Waals surface area (Å²) in [5.41, 5.74) is 0.454. The van der Waals surface area contributed by atoms with E-state index in [9.17, 15) is 17.6 Å². The molecule has 19 heavy (non-hydrogen) atoms. The van der Waals surface area contributed by atoms with E-state index in [0.29, 0.717) is 5.56 Å². The number of nitrogens with one attached hydrogen (secondary N) is 1. The Hall–Kier alpha value is -1.94. The summed E-state index contributed by atoms with van der Waals surface area (Å²) in [6.07, 6.45) is 0.256. The highest BCUT2D eigenvalue weighted by Gasteiger charge is 2.17. The number of carbonyl (C=O) groups excluding carboxylic acids is 1. The van der Waals surface area contributed by atoms with Crippen molar-refractivity contribution in [1.82, 2.24) is 4.72 Å². The molecule has 0 radical (unpaired) electrons. The van der Waals surface area contributed by atoms with E-state index in [1.54, 1.807) is 0 Å². The summed E-state index contributed by atoms with van der Waals surface area (Å²) in [5.74, 6) is -1.59. The number of nitrogens with zero attached hydrogens (tertiary/aromatic N) is 1. The molecular weight excluding hydrogens is 271 g/mol. The van der Waals surface area contributed by atoms with Gasteiger partial charge in [-0.1, -0.05) is 0 Å². The molecule has 1 amide bonds. The van der Waals surface area contributed by atoms with Gasteiger partial charge in [0.15, 0.2) is 0 Å². The van der Waals surface area contributed by atoms with Crippen molar-refractivity contribution in [1.29, 1.82) is 5.26 Å². The molecule has 1 rings (SSSR count). The highest BCUT2D eigenvalue weighted by molar-refractivity contribution is 7.90. The van der Waals surface area contributed by atoms with Gasteiger partial charge < -0.3 is 0 Å². The van der Waals surface area contributed by atoms with E-state index in [1.807, 2.05) is 10.8 Å². The summed E-state index contributed by atoms with van der Waals surface area (Å²) >= 11 is 0. The van der Waals surface area contributed by atoms with Crippen LogP contribution in [0.2, 0.25) is 0 Å². The maximum absolute atomic E-state index is 12.9. The Labute approximate surface area is 111 Å². The summed E-state index contributed by atoms with van der Waals surface area (Å²) in [6.45, 7) is 1.51. The van der Waals surface area contributed by atoms with Crippen LogP contribution >= 0.6 is 0 Å². The zero-order chi connectivity index (χ0) is 14.5. The number of rotatable bonds is 5. The van der Waals surface area contributed by atoms with Gasteiger partial charge in [-0.2, -0.15) is 5.26 Å². The molecule has 0 aromatic heterocycles. The van der Waals surface area contributed by atoms with Crippen LogP contribution in [0.25, 0.3) is 0 Å². The van der Waals surface area contributed by atoms with Gasteiger partial charge in [0, 0.05) is 12.0 Å². The smallest absolute Gasteiger partial charge is 0.264 e. The Balaban J connectivity index is 2.77. The number of sulfonamides is 1. The lowest BCUT2D eigenvalue weighted by Gasteiger charge is -2.08. The van der Waals surface area contributed by atoms with Gasteiger partial charge in [0.2, 0.25) is 10.0 Å². The molecule has 0 spiro atoms. The third-order valence-corrected chi connectivity index (χ3v) is 3.71. The molecular formula is C12H13FN2O3S. The topological polar surface area (TPSA) is 87.0 Å². The standard InChI is InChI=1S/C12H13FN2O3S/c1-9-8-10(13)4-5-11(9)12(16)15-19(17,18)7-3-2-6-14/h4-5,8H,2-3,7H2,1H3,(H,15,16). The fourth-order valence-electron chi connectivity index (χ4n) is 1.47. The van der Waals surface area contributed by atoms with E-state index in [1.165, 1.54) is 13.0 Å². The summed E-state index contributed by atoms with van der Waals surface area (Å²) in [4.78, 5) is 11.7. The number of nitriles is 1. The van der Waals surface area contributed by atoms with Crippen LogP contribution in [0.1, 0.15) is 28.8 Å². The van der Waals surface area contributed by atoms with Crippen LogP contribution in [0.15, 0.2) is 18.2 Å². The number of hydrogen-bond donors (Lipinski definition) is 1. The molecule has 1 aromatic carbocycles. The van der Waals surface area contributed by atoms with Crippen LogP contribution in [0.4, 0.5) is 4.39 Å². The molecule has 0 saturated heterocycles. The fraction of sp³-hybridized carbons (Fsp3) is 0.333. The van der Waals surface area contributed by atoms with Gasteiger partial charge in [-0.25, -0.2) is 17.5 Å². The Kier molecular flexibility index (Phi) is 5.01. The van der Waals surface area contributed by atoms with Crippen LogP contribution in [0.5, 0.6) is 0 Å². The Morgan fingerprint density at radius 3 is 2.74 bits per heavy atom. The van der Waals surface area contributed by atoms with Crippen LogP contribution < -0.4 is 4.72 Å². The minimum absolute atomic E-state index is 0.102. The number of aryl methyl sites for hydroxylation is 1. The summed E-state index contributed by atoms with van der Waals surface area (Å²) in [6, 6.07) is 5.29. The number of carbonyl (C=O) groups is 1. The van der Waals surface area contributed by atoms with Crippen LogP contribution in [-0.4, -0.2) is 20.1 Å². The first-order valence-corrected chi connectivity index (χ1v) is 7.19. The molecule has 0 fully saturated rings. The molecule has 0 aliphatic rings. The van der Waals surface area contributed by atoms with E-state index >= 15 is 0 Å². The quantitative estimate of drug-likeness (QED) is 0.830. The van der Waals surface area contributed by atoms with Gasteiger partial charge in [-0.3, -0.25) is 4.79 Å². The average Bonchev–Trinajstić information content (AvgIpc) is 2.28. The zero-order valence-electron chi connectivity index (χ0n) is 10.3. The lowest BCUT2D eigenvalue weighted by Crippen LogP contribution is -2.33. The van der Waals surface area contributed by atoms with Gasteiger partial charge in [-0.15, -0.1) is 0 Å². The van der Waals surface area contributed by atoms with Crippen LogP contribution in [0, 0.1) is 24.1 Å². The van der Waals surface area contributed by atoms with Crippen LogP contribution in [-0.2, 0) is 10.0 Å². The zero-order valence-corrected chi connectivity index (χ0v) is 11.1. The second kappa shape index (κ2) is 6.29. The maximum atomic E-state index is 12.9. The monoisotopic (exact) mass is 284 g/mol. The van der Waals surface area contributed by atoms with Crippen molar-refractivity contribution in [3.8, 4) is 6.07 Å². The minimum atomic E-state index is -3.77. The molecule has 0 aliphatic carbocycles. The van der Waals surface area contributed by atoms with Crippen molar-refractivity contribution in [3.05, 3.63) is 35.1 Å². The molecule has 0 saturated carbocycles. The summed E-state index contributed by atoms with van der Waals surface area (Å²) in [7, 11) is -3.77. The van der Waals surface area contributed by atoms with Gasteiger partial charge in [0.05, 0.1) is 11.8 Å². The molecule has 0 atom stereocenters. The molecule has 0 heterocycles. The molecule has 102 valence electrons. The summed E-state index contributed by atoms with van der Waals surface area (Å²) < 4.78 is 37.9. The van der Waals surface area contributed by atoms with Gasteiger partial charge >= 0.3 is 0 Å². The van der Waals surface area contributed by atoms with Crippen LogP contribution in [0.3, 0.4) is 0 Å². The Bertz CT molecular complexity index is 620. The van der Waals surface area contributed by atoms with Crippen molar-refractivity contribution in [3.63, 3.8) is 0 Å². The highest BCUT2D eigenvalue weighted by Crippen LogP contribution is 2.10. The molecule has 0 unspecified atom stereocenters. The van der Waals surface area contributed by atoms with Crippen molar-refractivity contribution < 1.29 is 17.6 Å². The van der Waals surface area contributed by atoms with E-state index in [4.69, 9.17) is 5.26 Å². The first-order valence-electron chi connectivity index (χ1n) is 5.53. The molecule has 7 heteroatoms. The molecule has 0 aliphatic heterocycles. The number of unbranched alkanes of at least 4 members (excludes halogenated alkanes) is 1. The first kappa shape index (κ1) is 15.1. The maximum Gasteiger partial charge on any atom is 0.264 e. The first-order chi connectivity index (χ1) is 8.85. The lowest BCUT2D eigenvalue weighted by atomic mass is 10.1. The third-order valence-electron chi connectivity index (χ3n) is 2.38. The highest BCUT2D eigenvalue weighted by atomic mass is 32.2. The van der Waals surface area contributed by atoms with E-state index in [-0.39, 0.29) is 24.2 Å². The van der Waals surface area contributed by atoms with Crippen molar-refractivity contribution in [2.75, 3.05) is 5.75 Å². The van der Waals surface area contributed by atoms with Crippen molar-refractivity contribution >= 4 is 15.9 Å². The lowest BCUT2D eigenvalue weighted by molar-refractivity contribution is 0.0981. The number of amides is 1. The number of halogens is 1. The molecule has 1 N–H and O–H groups in total. The van der Waals surface area contributed by atoms with E-state index in [2.05, 4.69) is 0 Å². The van der Waals surface area contributed by atoms with Gasteiger partial charge in [0.1, 0.15) is 5.82 Å². The molecule has 5 nitrogen and oxygen atoms in total. The molecule has 1 aromatic rings. The fourth-order valence-corrected chi connectivity index (χ4v) is 2.49. The predicted octanol–water partition coefficient (Wildman–Crippen LogP) is 1.50. The second-order valence-electron chi connectivity index (χ2n) is 3.97. The SMILES string of the molecule is Cc1cc(F)ccc1C(=O)NS(=O)(=O)CCCC#N. The van der Waals surface area contributed by atoms with E-state index in [0.717, 1.165) is 12.1 Å². The van der Waals surface area contributed by atoms with Gasteiger partial charge in [0.25, 0.3) is 5.91 Å². The van der Waals surface area contributed by atoms with Gasteiger partial charge in [-0.05, 0) is 37.1 Å².